The average Bonchev–Trinajstić information content (AvgIpc) is 2.46. The zero-order valence-electron chi connectivity index (χ0n) is 11.5. The summed E-state index contributed by atoms with van der Waals surface area (Å²) in [4.78, 5) is 4.55. The molecule has 5 nitrogen and oxygen atoms in total. The van der Waals surface area contributed by atoms with Crippen molar-refractivity contribution in [2.24, 2.45) is 0 Å². The summed E-state index contributed by atoms with van der Waals surface area (Å²) in [5, 5.41) is 17.9. The Kier molecular flexibility index (Phi) is 8.70. The third kappa shape index (κ3) is 6.13. The molecule has 1 aromatic rings. The molecule has 0 bridgehead atoms. The molecule has 1 aliphatic rings. The molecule has 123 valence electrons. The van der Waals surface area contributed by atoms with Gasteiger partial charge < -0.3 is 35.1 Å². The predicted molar refractivity (Wildman–Crippen MR) is 82.7 cm³/mol. The van der Waals surface area contributed by atoms with Crippen molar-refractivity contribution < 1.29 is 32.8 Å². The van der Waals surface area contributed by atoms with E-state index in [1.54, 1.807) is 12.1 Å². The number of hydrogen-bond acceptors (Lipinski definition) is 7. The first-order chi connectivity index (χ1) is 9.56. The van der Waals surface area contributed by atoms with E-state index in [4.69, 9.17) is 35.7 Å². The summed E-state index contributed by atoms with van der Waals surface area (Å²) in [6.45, 7) is 4.89. The van der Waals surface area contributed by atoms with E-state index >= 15 is 0 Å². The van der Waals surface area contributed by atoms with Gasteiger partial charge in [0.15, 0.2) is 0 Å². The molecule has 0 aromatic heterocycles. The van der Waals surface area contributed by atoms with E-state index in [2.05, 4.69) is 9.80 Å². The Morgan fingerprint density at radius 3 is 2.10 bits per heavy atom. The number of piperazine rings is 1. The molecular weight excluding hydrogens is 491 g/mol. The van der Waals surface area contributed by atoms with E-state index in [0.717, 1.165) is 39.1 Å². The smallest absolute Gasteiger partial charge is 0.0942 e. The van der Waals surface area contributed by atoms with Crippen LogP contribution in [0.1, 0.15) is 5.56 Å². The molecule has 0 unspecified atom stereocenters. The maximum absolute atomic E-state index is 8.88. The Morgan fingerprint density at radius 1 is 1.05 bits per heavy atom. The minimum atomic E-state index is -0.190. The van der Waals surface area contributed by atoms with Gasteiger partial charge in [0.05, 0.1) is 5.69 Å². The van der Waals surface area contributed by atoms with Crippen LogP contribution >= 0.6 is 0 Å². The largest absolute Gasteiger partial charge is 0.800 e. The summed E-state index contributed by atoms with van der Waals surface area (Å²) >= 11 is 10.2. The molecule has 21 heavy (non-hydrogen) atoms. The van der Waals surface area contributed by atoms with Gasteiger partial charge in [0, 0.05) is 55.1 Å². The van der Waals surface area contributed by atoms with E-state index in [0.29, 0.717) is 5.69 Å². The second-order valence-electron chi connectivity index (χ2n) is 4.89. The Bertz CT molecular complexity index is 412. The molecule has 8 heteroatoms. The fourth-order valence-electron chi connectivity index (χ4n) is 2.28. The summed E-state index contributed by atoms with van der Waals surface area (Å²) < 4.78 is -0.190. The SMILES string of the molecule is ON(O)c1ccc(CCN2CCN(C([S-])[S-])CC2)cc1.[Au]. The van der Waals surface area contributed by atoms with Gasteiger partial charge in [0.25, 0.3) is 0 Å². The molecule has 2 rings (SSSR count). The zero-order chi connectivity index (χ0) is 14.5. The fourth-order valence-corrected chi connectivity index (χ4v) is 2.70. The molecular formula is C13H19AuN3O2S2-2. The van der Waals surface area contributed by atoms with Crippen LogP contribution in [0.5, 0.6) is 0 Å². The average molecular weight is 510 g/mol. The number of anilines is 1. The molecule has 1 aromatic carbocycles. The van der Waals surface area contributed by atoms with E-state index in [1.807, 2.05) is 12.1 Å². The summed E-state index contributed by atoms with van der Waals surface area (Å²) in [6.07, 6.45) is 0.947. The zero-order valence-corrected chi connectivity index (χ0v) is 15.3. The van der Waals surface area contributed by atoms with Crippen molar-refractivity contribution in [1.82, 2.24) is 9.80 Å². The second kappa shape index (κ2) is 9.44. The second-order valence-corrected chi connectivity index (χ2v) is 6.08. The number of nitrogens with zero attached hydrogens (tertiary/aromatic N) is 3. The van der Waals surface area contributed by atoms with Crippen molar-refractivity contribution in [1.29, 1.82) is 0 Å². The molecule has 0 atom stereocenters. The standard InChI is InChI=1S/C13H21N3O2S2.Au/c17-16(18)12-3-1-11(2-4-12)5-6-14-7-9-15(10-8-14)13(19)20;/h1-4,13,17-20H,5-10H2;/p-2. The van der Waals surface area contributed by atoms with Gasteiger partial charge >= 0.3 is 0 Å². The van der Waals surface area contributed by atoms with Crippen LogP contribution in [0.4, 0.5) is 5.69 Å². The van der Waals surface area contributed by atoms with Gasteiger partial charge in [-0.05, 0) is 24.1 Å². The maximum Gasteiger partial charge on any atom is 0.0942 e. The van der Waals surface area contributed by atoms with Crippen molar-refractivity contribution in [3.8, 4) is 0 Å². The normalized spacial score (nSPS) is 16.8. The van der Waals surface area contributed by atoms with Crippen LogP contribution in [-0.4, -0.2) is 57.6 Å². The van der Waals surface area contributed by atoms with Crippen LogP contribution in [0.25, 0.3) is 0 Å². The summed E-state index contributed by atoms with van der Waals surface area (Å²) in [5.74, 6) is 0. The van der Waals surface area contributed by atoms with Gasteiger partial charge in [0.2, 0.25) is 0 Å². The molecule has 1 heterocycles. The van der Waals surface area contributed by atoms with Gasteiger partial charge in [-0.15, -0.1) is 5.23 Å². The first-order valence-electron chi connectivity index (χ1n) is 6.61. The van der Waals surface area contributed by atoms with Gasteiger partial charge in [-0.1, -0.05) is 12.1 Å². The molecule has 1 fully saturated rings. The fraction of sp³-hybridized carbons (Fsp3) is 0.538. The third-order valence-corrected chi connectivity index (χ3v) is 4.19. The van der Waals surface area contributed by atoms with E-state index in [-0.39, 0.29) is 32.3 Å². The van der Waals surface area contributed by atoms with E-state index in [1.165, 1.54) is 5.56 Å². The van der Waals surface area contributed by atoms with Gasteiger partial charge in [-0.2, -0.15) is 0 Å². The maximum atomic E-state index is 8.88. The monoisotopic (exact) mass is 510 g/mol. The Hall–Kier alpha value is 0.300. The summed E-state index contributed by atoms with van der Waals surface area (Å²) in [7, 11) is 0. The number of hydrogen-bond donors (Lipinski definition) is 2. The minimum Gasteiger partial charge on any atom is -0.800 e. The van der Waals surface area contributed by atoms with Crippen molar-refractivity contribution in [3.05, 3.63) is 29.8 Å². The van der Waals surface area contributed by atoms with Gasteiger partial charge in [0.1, 0.15) is 0 Å². The number of benzene rings is 1. The first-order valence-corrected chi connectivity index (χ1v) is 7.55. The minimum absolute atomic E-state index is 0. The Labute approximate surface area is 152 Å². The van der Waals surface area contributed by atoms with Crippen LogP contribution in [0.3, 0.4) is 0 Å². The Balaban J connectivity index is 0.00000220. The van der Waals surface area contributed by atoms with Crippen LogP contribution < -0.4 is 5.23 Å². The van der Waals surface area contributed by atoms with Crippen molar-refractivity contribution >= 4 is 30.9 Å². The number of rotatable bonds is 5. The van der Waals surface area contributed by atoms with Crippen molar-refractivity contribution in [2.45, 2.75) is 11.1 Å². The summed E-state index contributed by atoms with van der Waals surface area (Å²) in [6, 6.07) is 7.19. The molecule has 1 saturated heterocycles. The first kappa shape index (κ1) is 19.3. The van der Waals surface area contributed by atoms with Crippen LogP contribution in [0, 0.1) is 0 Å². The predicted octanol–water partition coefficient (Wildman–Crippen LogP) is 0.806. The van der Waals surface area contributed by atoms with E-state index in [9.17, 15) is 0 Å². The molecule has 2 N–H and O–H groups in total. The topological polar surface area (TPSA) is 50.2 Å². The van der Waals surface area contributed by atoms with Crippen LogP contribution in [0.2, 0.25) is 0 Å². The van der Waals surface area contributed by atoms with Gasteiger partial charge in [-0.25, -0.2) is 4.71 Å². The third-order valence-electron chi connectivity index (χ3n) is 3.59. The van der Waals surface area contributed by atoms with Crippen molar-refractivity contribution in [3.63, 3.8) is 0 Å². The quantitative estimate of drug-likeness (QED) is 0.346. The molecule has 0 saturated carbocycles. The van der Waals surface area contributed by atoms with E-state index < -0.39 is 0 Å². The molecule has 0 aliphatic carbocycles. The molecule has 0 amide bonds. The molecule has 0 spiro atoms. The summed E-state index contributed by atoms with van der Waals surface area (Å²) in [5.41, 5.74) is 1.55. The van der Waals surface area contributed by atoms with Gasteiger partial charge in [-0.3, -0.25) is 10.4 Å². The van der Waals surface area contributed by atoms with Crippen molar-refractivity contribution in [2.75, 3.05) is 38.0 Å². The Morgan fingerprint density at radius 2 is 1.62 bits per heavy atom. The molecule has 1 radical (unpaired) electrons. The molecule has 1 aliphatic heterocycles. The van der Waals surface area contributed by atoms with Crippen LogP contribution in [0.15, 0.2) is 24.3 Å². The van der Waals surface area contributed by atoms with Crippen LogP contribution in [-0.2, 0) is 54.1 Å².